The molecule has 1 aromatic rings. The van der Waals surface area contributed by atoms with E-state index < -0.39 is 5.54 Å². The fourth-order valence-electron chi connectivity index (χ4n) is 3.63. The molecule has 2 N–H and O–H groups in total. The van der Waals surface area contributed by atoms with Crippen LogP contribution in [0.15, 0.2) is 24.3 Å². The van der Waals surface area contributed by atoms with E-state index in [-0.39, 0.29) is 11.7 Å². The summed E-state index contributed by atoms with van der Waals surface area (Å²) >= 11 is 0. The molecule has 27 heavy (non-hydrogen) atoms. The number of carbonyl (C=O) groups excluding carboxylic acids is 1. The molecule has 1 amide bonds. The van der Waals surface area contributed by atoms with E-state index in [9.17, 15) is 9.18 Å². The average Bonchev–Trinajstić information content (AvgIpc) is 2.59. The van der Waals surface area contributed by atoms with Gasteiger partial charge in [0.15, 0.2) is 0 Å². The lowest BCUT2D eigenvalue weighted by Gasteiger charge is -2.37. The van der Waals surface area contributed by atoms with Crippen LogP contribution in [0.5, 0.6) is 0 Å². The maximum absolute atomic E-state index is 14.0. The summed E-state index contributed by atoms with van der Waals surface area (Å²) in [6.07, 6.45) is 2.16. The Kier molecular flexibility index (Phi) is 7.77. The molecule has 0 aliphatic carbocycles. The van der Waals surface area contributed by atoms with Gasteiger partial charge in [-0.2, -0.15) is 0 Å². The number of benzene rings is 1. The first kappa shape index (κ1) is 21.8. The molecule has 1 fully saturated rings. The van der Waals surface area contributed by atoms with E-state index in [4.69, 9.17) is 5.73 Å². The van der Waals surface area contributed by atoms with Crippen molar-refractivity contribution in [3.63, 3.8) is 0 Å². The van der Waals surface area contributed by atoms with E-state index in [2.05, 4.69) is 9.80 Å². The van der Waals surface area contributed by atoms with Gasteiger partial charge in [-0.15, -0.1) is 0 Å². The Balaban J connectivity index is 1.99. The molecule has 0 unspecified atom stereocenters. The summed E-state index contributed by atoms with van der Waals surface area (Å²) in [5.41, 5.74) is 5.95. The number of nitrogens with two attached hydrogens (primary N) is 1. The maximum atomic E-state index is 14.0. The van der Waals surface area contributed by atoms with Gasteiger partial charge in [0.2, 0.25) is 5.91 Å². The number of likely N-dealkylation sites (tertiary alicyclic amines) is 1. The minimum atomic E-state index is -0.867. The van der Waals surface area contributed by atoms with Gasteiger partial charge in [0.05, 0.1) is 5.54 Å². The topological polar surface area (TPSA) is 52.8 Å². The first-order valence-corrected chi connectivity index (χ1v) is 9.85. The van der Waals surface area contributed by atoms with Gasteiger partial charge in [0.1, 0.15) is 5.82 Å². The van der Waals surface area contributed by atoms with Gasteiger partial charge in [0.25, 0.3) is 0 Å². The molecule has 1 aliphatic heterocycles. The molecular weight excluding hydrogens is 343 g/mol. The highest BCUT2D eigenvalue weighted by atomic mass is 19.1. The minimum absolute atomic E-state index is 0.00410. The molecule has 1 heterocycles. The number of piperidine rings is 1. The van der Waals surface area contributed by atoms with Crippen LogP contribution in [0.2, 0.25) is 0 Å². The molecular formula is C21H35FN4O. The Bertz CT molecular complexity index is 614. The first-order valence-electron chi connectivity index (χ1n) is 9.85. The molecule has 2 rings (SSSR count). The quantitative estimate of drug-likeness (QED) is 0.753. The normalized spacial score (nSPS) is 18.7. The molecule has 1 atom stereocenters. The van der Waals surface area contributed by atoms with Crippen LogP contribution in [0.4, 0.5) is 4.39 Å². The van der Waals surface area contributed by atoms with Crippen molar-refractivity contribution in [2.24, 2.45) is 11.7 Å². The standard InChI is InChI=1S/C21H35FN4O/c1-21(2,23)20(27)26(13-12-24(3)4)15-17-8-7-11-25(14-17)16-18-9-5-6-10-19(18)22/h5-6,9-10,17H,7-8,11-16,23H2,1-4H3/t17-/m0/s1. The highest BCUT2D eigenvalue weighted by molar-refractivity contribution is 5.85. The molecule has 0 bridgehead atoms. The smallest absolute Gasteiger partial charge is 0.242 e. The molecule has 1 aromatic carbocycles. The second-order valence-corrected chi connectivity index (χ2v) is 8.61. The Labute approximate surface area is 163 Å². The molecule has 5 nitrogen and oxygen atoms in total. The van der Waals surface area contributed by atoms with Crippen molar-refractivity contribution in [1.29, 1.82) is 0 Å². The number of hydrogen-bond donors (Lipinski definition) is 1. The van der Waals surface area contributed by atoms with Crippen molar-refractivity contribution in [3.8, 4) is 0 Å². The Morgan fingerprint density at radius 2 is 2.00 bits per heavy atom. The highest BCUT2D eigenvalue weighted by Gasteiger charge is 2.30. The van der Waals surface area contributed by atoms with Gasteiger partial charge < -0.3 is 15.5 Å². The van der Waals surface area contributed by atoms with Crippen LogP contribution >= 0.6 is 0 Å². The Hall–Kier alpha value is -1.50. The summed E-state index contributed by atoms with van der Waals surface area (Å²) in [6.45, 7) is 8.21. The number of carbonyl (C=O) groups is 1. The number of nitrogens with zero attached hydrogens (tertiary/aromatic N) is 3. The third kappa shape index (κ3) is 6.87. The van der Waals surface area contributed by atoms with Crippen molar-refractivity contribution in [2.45, 2.75) is 38.8 Å². The van der Waals surface area contributed by atoms with Crippen LogP contribution in [0.25, 0.3) is 0 Å². The van der Waals surface area contributed by atoms with E-state index in [1.54, 1.807) is 19.9 Å². The van der Waals surface area contributed by atoms with E-state index in [1.807, 2.05) is 31.1 Å². The third-order valence-electron chi connectivity index (χ3n) is 5.09. The lowest BCUT2D eigenvalue weighted by Crippen LogP contribution is -2.54. The summed E-state index contributed by atoms with van der Waals surface area (Å²) in [6, 6.07) is 6.97. The zero-order valence-electron chi connectivity index (χ0n) is 17.2. The lowest BCUT2D eigenvalue weighted by atomic mass is 9.95. The summed E-state index contributed by atoms with van der Waals surface area (Å²) < 4.78 is 14.0. The predicted molar refractivity (Wildman–Crippen MR) is 108 cm³/mol. The number of hydrogen-bond acceptors (Lipinski definition) is 4. The molecule has 1 aliphatic rings. The summed E-state index contributed by atoms with van der Waals surface area (Å²) in [4.78, 5) is 19.1. The SMILES string of the molecule is CN(C)CCN(C[C@H]1CCCN(Cc2ccccc2F)C1)C(=O)C(C)(C)N. The molecule has 0 spiro atoms. The van der Waals surface area contributed by atoms with Crippen LogP contribution in [-0.2, 0) is 11.3 Å². The summed E-state index contributed by atoms with van der Waals surface area (Å²) in [5, 5.41) is 0. The number of amides is 1. The number of halogens is 1. The van der Waals surface area contributed by atoms with Gasteiger partial charge in [-0.1, -0.05) is 18.2 Å². The average molecular weight is 379 g/mol. The molecule has 0 saturated carbocycles. The number of likely N-dealkylation sites (N-methyl/N-ethyl adjacent to an activating group) is 1. The molecule has 1 saturated heterocycles. The fraction of sp³-hybridized carbons (Fsp3) is 0.667. The highest BCUT2D eigenvalue weighted by Crippen LogP contribution is 2.21. The molecule has 0 aromatic heterocycles. The lowest BCUT2D eigenvalue weighted by molar-refractivity contribution is -0.137. The van der Waals surface area contributed by atoms with E-state index in [0.717, 1.165) is 38.0 Å². The van der Waals surface area contributed by atoms with Gasteiger partial charge in [-0.25, -0.2) is 4.39 Å². The first-order chi connectivity index (χ1) is 12.7. The van der Waals surface area contributed by atoms with Crippen LogP contribution < -0.4 is 5.73 Å². The van der Waals surface area contributed by atoms with Crippen LogP contribution in [0, 0.1) is 11.7 Å². The zero-order valence-corrected chi connectivity index (χ0v) is 17.2. The largest absolute Gasteiger partial charge is 0.340 e. The van der Waals surface area contributed by atoms with E-state index in [0.29, 0.717) is 25.6 Å². The summed E-state index contributed by atoms with van der Waals surface area (Å²) in [7, 11) is 4.01. The monoisotopic (exact) mass is 378 g/mol. The van der Waals surface area contributed by atoms with E-state index >= 15 is 0 Å². The van der Waals surface area contributed by atoms with Gasteiger partial charge in [-0.3, -0.25) is 9.69 Å². The van der Waals surface area contributed by atoms with Crippen LogP contribution in [-0.4, -0.2) is 73.0 Å². The van der Waals surface area contributed by atoms with Gasteiger partial charge in [-0.05, 0) is 59.3 Å². The van der Waals surface area contributed by atoms with Crippen LogP contribution in [0.3, 0.4) is 0 Å². The fourth-order valence-corrected chi connectivity index (χ4v) is 3.63. The Morgan fingerprint density at radius 1 is 1.30 bits per heavy atom. The van der Waals surface area contributed by atoms with E-state index in [1.165, 1.54) is 6.07 Å². The van der Waals surface area contributed by atoms with Crippen molar-refractivity contribution < 1.29 is 9.18 Å². The third-order valence-corrected chi connectivity index (χ3v) is 5.09. The second kappa shape index (κ2) is 9.62. The molecule has 152 valence electrons. The number of rotatable bonds is 8. The van der Waals surface area contributed by atoms with Crippen molar-refractivity contribution >= 4 is 5.91 Å². The van der Waals surface area contributed by atoms with Crippen molar-refractivity contribution in [2.75, 3.05) is 46.8 Å². The van der Waals surface area contributed by atoms with Gasteiger partial charge >= 0.3 is 0 Å². The second-order valence-electron chi connectivity index (χ2n) is 8.61. The van der Waals surface area contributed by atoms with Crippen molar-refractivity contribution in [3.05, 3.63) is 35.6 Å². The molecule has 6 heteroatoms. The van der Waals surface area contributed by atoms with Gasteiger partial charge in [0, 0.05) is 38.3 Å². The van der Waals surface area contributed by atoms with Crippen LogP contribution in [0.1, 0.15) is 32.3 Å². The molecule has 0 radical (unpaired) electrons. The Morgan fingerprint density at radius 3 is 2.63 bits per heavy atom. The maximum Gasteiger partial charge on any atom is 0.242 e. The zero-order chi connectivity index (χ0) is 20.0. The summed E-state index contributed by atoms with van der Waals surface area (Å²) in [5.74, 6) is 0.238. The van der Waals surface area contributed by atoms with Crippen molar-refractivity contribution in [1.82, 2.24) is 14.7 Å². The predicted octanol–water partition coefficient (Wildman–Crippen LogP) is 2.17. The minimum Gasteiger partial charge on any atom is -0.340 e.